The van der Waals surface area contributed by atoms with Crippen molar-refractivity contribution in [2.45, 2.75) is 63.6 Å². The quantitative estimate of drug-likeness (QED) is 0.402. The van der Waals surface area contributed by atoms with E-state index < -0.39 is 28.5 Å². The number of carbonyl (C=O) groups is 2. The van der Waals surface area contributed by atoms with Gasteiger partial charge in [-0.2, -0.15) is 0 Å². The summed E-state index contributed by atoms with van der Waals surface area (Å²) in [5.41, 5.74) is -0.330. The molecule has 6 heteroatoms. The molecule has 164 valence electrons. The smallest absolute Gasteiger partial charge is 0.224 e. The maximum Gasteiger partial charge on any atom is 0.224 e. The highest BCUT2D eigenvalue weighted by Crippen LogP contribution is 2.74. The molecule has 0 aromatic carbocycles. The summed E-state index contributed by atoms with van der Waals surface area (Å²) >= 11 is 0. The van der Waals surface area contributed by atoms with Crippen molar-refractivity contribution in [3.63, 3.8) is 0 Å². The van der Waals surface area contributed by atoms with Gasteiger partial charge in [-0.15, -0.1) is 0 Å². The average Bonchev–Trinajstić information content (AvgIpc) is 3.14. The second-order valence-electron chi connectivity index (χ2n) is 10.7. The molecule has 4 saturated carbocycles. The monoisotopic (exact) mass is 415 g/mol. The third-order valence-electron chi connectivity index (χ3n) is 9.34. The van der Waals surface area contributed by atoms with Gasteiger partial charge < -0.3 is 20.6 Å². The van der Waals surface area contributed by atoms with E-state index in [0.29, 0.717) is 45.1 Å². The van der Waals surface area contributed by atoms with Gasteiger partial charge in [0.2, 0.25) is 5.91 Å². The standard InChI is InChI=1S/C24H33NO5/c1-13-11-23-12-24(13,30)6-5-16(23)15-9-14-10-17(27)22(2,20(14)28)18(15)19(23)21(29)25-7-3-4-8-26/h9,14,16,18-20,26,28,30H,1,3-8,10-12H2,2H3,(H,25,29)/t14-,16-,18+,19+,20-,22-,23-,24-/m0/s1. The lowest BCUT2D eigenvalue weighted by atomic mass is 9.60. The van der Waals surface area contributed by atoms with Crippen LogP contribution in [0.2, 0.25) is 0 Å². The summed E-state index contributed by atoms with van der Waals surface area (Å²) < 4.78 is 0. The molecule has 0 aromatic rings. The SMILES string of the molecule is C=C1C[C@]23C[C@@]1(O)CC[C@H]2C1=C[C@H]2CC(=O)[C@@](C)([C@H]1[C@@H]3C(=O)NCCCCO)[C@H]2O. The molecule has 0 aliphatic heterocycles. The van der Waals surface area contributed by atoms with Crippen LogP contribution in [0.4, 0.5) is 0 Å². The van der Waals surface area contributed by atoms with Gasteiger partial charge in [0.15, 0.2) is 0 Å². The Kier molecular flexibility index (Phi) is 4.42. The van der Waals surface area contributed by atoms with Crippen LogP contribution in [0.15, 0.2) is 23.8 Å². The summed E-state index contributed by atoms with van der Waals surface area (Å²) in [4.78, 5) is 26.8. The van der Waals surface area contributed by atoms with E-state index in [1.807, 2.05) is 6.92 Å². The molecule has 6 nitrogen and oxygen atoms in total. The van der Waals surface area contributed by atoms with Gasteiger partial charge in [0.25, 0.3) is 0 Å². The molecule has 0 aromatic heterocycles. The van der Waals surface area contributed by atoms with Gasteiger partial charge in [-0.3, -0.25) is 9.59 Å². The summed E-state index contributed by atoms with van der Waals surface area (Å²) in [5, 5.41) is 34.3. The number of allylic oxidation sites excluding steroid dienone is 1. The van der Waals surface area contributed by atoms with Gasteiger partial charge in [0, 0.05) is 31.4 Å². The van der Waals surface area contributed by atoms with Crippen molar-refractivity contribution in [3.05, 3.63) is 23.8 Å². The van der Waals surface area contributed by atoms with E-state index in [1.54, 1.807) is 0 Å². The van der Waals surface area contributed by atoms with Crippen LogP contribution in [0.5, 0.6) is 0 Å². The fourth-order valence-corrected chi connectivity index (χ4v) is 7.95. The van der Waals surface area contributed by atoms with Crippen LogP contribution in [0.1, 0.15) is 51.9 Å². The van der Waals surface area contributed by atoms with Crippen molar-refractivity contribution < 1.29 is 24.9 Å². The third-order valence-corrected chi connectivity index (χ3v) is 9.34. The summed E-state index contributed by atoms with van der Waals surface area (Å²) in [6.45, 7) is 6.59. The molecular weight excluding hydrogens is 382 g/mol. The fourth-order valence-electron chi connectivity index (χ4n) is 7.95. The Labute approximate surface area is 177 Å². The molecule has 8 atom stereocenters. The lowest BCUT2D eigenvalue weighted by Gasteiger charge is -2.43. The zero-order chi connectivity index (χ0) is 21.5. The molecule has 4 bridgehead atoms. The zero-order valence-electron chi connectivity index (χ0n) is 17.7. The molecule has 4 N–H and O–H groups in total. The van der Waals surface area contributed by atoms with Gasteiger partial charge in [-0.05, 0) is 62.4 Å². The first-order valence-corrected chi connectivity index (χ1v) is 11.4. The highest BCUT2D eigenvalue weighted by atomic mass is 16.3. The average molecular weight is 416 g/mol. The highest BCUT2D eigenvalue weighted by molar-refractivity contribution is 5.92. The van der Waals surface area contributed by atoms with E-state index in [-0.39, 0.29) is 36.1 Å². The normalized spacial score (nSPS) is 48.4. The van der Waals surface area contributed by atoms with Gasteiger partial charge >= 0.3 is 0 Å². The number of amides is 1. The van der Waals surface area contributed by atoms with Crippen molar-refractivity contribution in [3.8, 4) is 0 Å². The Morgan fingerprint density at radius 2 is 2.13 bits per heavy atom. The zero-order valence-corrected chi connectivity index (χ0v) is 17.7. The molecule has 1 amide bonds. The van der Waals surface area contributed by atoms with Crippen LogP contribution in [0.25, 0.3) is 0 Å². The minimum absolute atomic E-state index is 0.0523. The number of carbonyl (C=O) groups excluding carboxylic acids is 2. The van der Waals surface area contributed by atoms with E-state index >= 15 is 0 Å². The number of ketones is 1. The topological polar surface area (TPSA) is 107 Å². The highest BCUT2D eigenvalue weighted by Gasteiger charge is 2.74. The number of hydrogen-bond donors (Lipinski definition) is 4. The third kappa shape index (κ3) is 2.36. The number of unbranched alkanes of at least 4 members (excludes halogenated alkanes) is 1. The van der Waals surface area contributed by atoms with Crippen LogP contribution in [0, 0.1) is 34.5 Å². The van der Waals surface area contributed by atoms with Crippen molar-refractivity contribution in [1.29, 1.82) is 0 Å². The van der Waals surface area contributed by atoms with E-state index in [4.69, 9.17) is 5.11 Å². The predicted octanol–water partition coefficient (Wildman–Crippen LogP) is 1.49. The molecule has 5 aliphatic carbocycles. The Morgan fingerprint density at radius 1 is 1.37 bits per heavy atom. The van der Waals surface area contributed by atoms with Crippen molar-refractivity contribution >= 4 is 11.7 Å². The Morgan fingerprint density at radius 3 is 2.87 bits per heavy atom. The Hall–Kier alpha value is -1.50. The second-order valence-corrected chi connectivity index (χ2v) is 10.7. The lowest BCUT2D eigenvalue weighted by Crippen LogP contribution is -2.52. The maximum absolute atomic E-state index is 13.6. The Bertz CT molecular complexity index is 851. The first-order chi connectivity index (χ1) is 14.2. The molecular formula is C24H33NO5. The van der Waals surface area contributed by atoms with Crippen LogP contribution in [0.3, 0.4) is 0 Å². The molecule has 30 heavy (non-hydrogen) atoms. The minimum Gasteiger partial charge on any atom is -0.396 e. The van der Waals surface area contributed by atoms with E-state index in [0.717, 1.165) is 12.0 Å². The molecule has 0 heterocycles. The minimum atomic E-state index is -0.948. The summed E-state index contributed by atoms with van der Waals surface area (Å²) in [6.07, 6.45) is 5.56. The number of aliphatic hydroxyl groups is 3. The van der Waals surface area contributed by atoms with Gasteiger partial charge in [0.1, 0.15) is 5.78 Å². The van der Waals surface area contributed by atoms with Crippen molar-refractivity contribution in [1.82, 2.24) is 5.32 Å². The molecule has 0 radical (unpaired) electrons. The number of Topliss-reactive ketones (excluding diaryl/α,β-unsaturated/α-hetero) is 1. The van der Waals surface area contributed by atoms with E-state index in [1.165, 1.54) is 5.57 Å². The molecule has 1 spiro atoms. The van der Waals surface area contributed by atoms with Crippen LogP contribution in [-0.2, 0) is 9.59 Å². The lowest BCUT2D eigenvalue weighted by molar-refractivity contribution is -0.141. The fraction of sp³-hybridized carbons (Fsp3) is 0.750. The number of fused-ring (bicyclic) bond motifs is 6. The molecule has 5 aliphatic rings. The summed E-state index contributed by atoms with van der Waals surface area (Å²) in [5.74, 6) is -0.835. The predicted molar refractivity (Wildman–Crippen MR) is 110 cm³/mol. The van der Waals surface area contributed by atoms with Gasteiger partial charge in [0.05, 0.1) is 23.0 Å². The van der Waals surface area contributed by atoms with Gasteiger partial charge in [-0.25, -0.2) is 0 Å². The largest absolute Gasteiger partial charge is 0.396 e. The van der Waals surface area contributed by atoms with Crippen molar-refractivity contribution in [2.75, 3.05) is 13.2 Å². The van der Waals surface area contributed by atoms with E-state index in [2.05, 4.69) is 18.0 Å². The van der Waals surface area contributed by atoms with Gasteiger partial charge in [-0.1, -0.05) is 18.2 Å². The second kappa shape index (κ2) is 6.50. The van der Waals surface area contributed by atoms with Crippen LogP contribution in [-0.4, -0.2) is 51.9 Å². The van der Waals surface area contributed by atoms with E-state index in [9.17, 15) is 19.8 Å². The molecule has 5 rings (SSSR count). The summed E-state index contributed by atoms with van der Waals surface area (Å²) in [6, 6.07) is 0. The number of nitrogens with one attached hydrogen (secondary N) is 1. The molecule has 0 saturated heterocycles. The number of rotatable bonds is 5. The first-order valence-electron chi connectivity index (χ1n) is 11.4. The summed E-state index contributed by atoms with van der Waals surface area (Å²) in [7, 11) is 0. The van der Waals surface area contributed by atoms with Crippen molar-refractivity contribution in [2.24, 2.45) is 34.5 Å². The number of hydrogen-bond acceptors (Lipinski definition) is 5. The van der Waals surface area contributed by atoms with Crippen LogP contribution >= 0.6 is 0 Å². The number of aliphatic hydroxyl groups excluding tert-OH is 2. The first kappa shape index (κ1) is 20.4. The molecule has 0 unspecified atom stereocenters. The molecule has 4 fully saturated rings. The Balaban J connectivity index is 1.59. The maximum atomic E-state index is 13.6. The van der Waals surface area contributed by atoms with Crippen LogP contribution < -0.4 is 5.32 Å².